The lowest BCUT2D eigenvalue weighted by molar-refractivity contribution is -0.138. The summed E-state index contributed by atoms with van der Waals surface area (Å²) in [5, 5.41) is 9.48. The summed E-state index contributed by atoms with van der Waals surface area (Å²) in [5.74, 6) is -4.10. The van der Waals surface area contributed by atoms with Crippen molar-refractivity contribution in [2.75, 3.05) is 5.32 Å². The third-order valence-electron chi connectivity index (χ3n) is 10.6. The van der Waals surface area contributed by atoms with Gasteiger partial charge in [-0.2, -0.15) is 36.4 Å². The number of carbonyl (C=O) groups excluding carboxylic acids is 3. The van der Waals surface area contributed by atoms with Crippen molar-refractivity contribution >= 4 is 63.6 Å². The molecule has 3 amide bonds. The molecule has 0 aliphatic heterocycles. The standard InChI is InChI=1S/C24H18ClF5N6O.C19H20ClF4N3O2S.C7H4FNO/c1-36-21(32-13-33-36)11-23(20-6-5-16(25)12-31-20,14-7-15(24(28,29)30)9-18(27)8-14)35-22(37)34-19-4-2-3-17(26)10-19;1-17(2,3)30(29)27-18(9-16(25)28,15-5-4-13(20)10-26-15)11-6-12(19(22,23)24)8-14(21)7-11;8-6-2-1-3-7(4-6)9-5-10/h2-10,12-13H,11H2,1H3,(H2,34,35,37);4-8,10,27H,9H2,1-3H3,(H2,25,28);1-4H/t23-;18-,30+;/m00./s1. The van der Waals surface area contributed by atoms with Crippen LogP contribution in [0.4, 0.5) is 60.1 Å². The third-order valence-corrected chi connectivity index (χ3v) is 12.7. The van der Waals surface area contributed by atoms with Crippen molar-refractivity contribution < 1.29 is 62.5 Å². The molecule has 3 aromatic heterocycles. The van der Waals surface area contributed by atoms with Crippen molar-refractivity contribution in [3.63, 3.8) is 0 Å². The van der Waals surface area contributed by atoms with Crippen molar-refractivity contribution in [1.82, 2.24) is 34.8 Å². The highest BCUT2D eigenvalue weighted by molar-refractivity contribution is 7.84. The number of nitrogens with two attached hydrogens (primary N) is 1. The van der Waals surface area contributed by atoms with E-state index >= 15 is 0 Å². The van der Waals surface area contributed by atoms with E-state index in [9.17, 15) is 62.5 Å². The molecule has 0 saturated heterocycles. The molecule has 0 fully saturated rings. The lowest BCUT2D eigenvalue weighted by Crippen LogP contribution is -2.51. The minimum atomic E-state index is -4.88. The molecule has 14 nitrogen and oxygen atoms in total. The van der Waals surface area contributed by atoms with Gasteiger partial charge in [0.05, 0.1) is 60.4 Å². The Kier molecular flexibility index (Phi) is 19.6. The van der Waals surface area contributed by atoms with Gasteiger partial charge in [-0.15, -0.1) is 0 Å². The van der Waals surface area contributed by atoms with Crippen molar-refractivity contribution in [2.45, 2.75) is 61.8 Å². The highest BCUT2D eigenvalue weighted by Gasteiger charge is 2.44. The summed E-state index contributed by atoms with van der Waals surface area (Å²) in [6.45, 7) is 4.85. The van der Waals surface area contributed by atoms with Crippen LogP contribution in [0.3, 0.4) is 0 Å². The molecule has 0 saturated carbocycles. The summed E-state index contributed by atoms with van der Waals surface area (Å²) in [6, 6.07) is 18.8. The molecule has 0 unspecified atom stereocenters. The third kappa shape index (κ3) is 16.5. The van der Waals surface area contributed by atoms with E-state index in [1.807, 2.05) is 0 Å². The van der Waals surface area contributed by atoms with E-state index in [1.165, 1.54) is 90.1 Å². The van der Waals surface area contributed by atoms with Gasteiger partial charge in [0.1, 0.15) is 46.5 Å². The molecule has 27 heteroatoms. The first kappa shape index (κ1) is 60.3. The number of isocyanates is 1. The van der Waals surface area contributed by atoms with Gasteiger partial charge >= 0.3 is 18.4 Å². The zero-order valence-corrected chi connectivity index (χ0v) is 42.7. The number of aromatic nitrogens is 5. The average molecular weight is 1140 g/mol. The van der Waals surface area contributed by atoms with E-state index in [1.54, 1.807) is 27.8 Å². The Labute approximate surface area is 444 Å². The number of aliphatic imine (C=N–C) groups is 1. The smallest absolute Gasteiger partial charge is 0.370 e. The Morgan fingerprint density at radius 1 is 0.688 bits per heavy atom. The Hall–Kier alpha value is -7.57. The first-order valence-corrected chi connectivity index (χ1v) is 23.8. The van der Waals surface area contributed by atoms with Gasteiger partial charge in [0.2, 0.25) is 12.0 Å². The second kappa shape index (κ2) is 25.1. The van der Waals surface area contributed by atoms with Gasteiger partial charge in [-0.1, -0.05) is 35.3 Å². The van der Waals surface area contributed by atoms with Crippen LogP contribution in [0.25, 0.3) is 0 Å². The van der Waals surface area contributed by atoms with Crippen LogP contribution in [-0.4, -0.2) is 51.7 Å². The average Bonchev–Trinajstić information content (AvgIpc) is 3.74. The molecular weight excluding hydrogens is 1100 g/mol. The molecule has 0 aliphatic rings. The van der Waals surface area contributed by atoms with Crippen molar-refractivity contribution in [3.05, 3.63) is 201 Å². The number of nitrogens with one attached hydrogen (secondary N) is 3. The van der Waals surface area contributed by atoms with Crippen molar-refractivity contribution in [2.24, 2.45) is 17.8 Å². The van der Waals surface area contributed by atoms with Gasteiger partial charge in [-0.3, -0.25) is 19.4 Å². The van der Waals surface area contributed by atoms with Crippen LogP contribution in [-0.2, 0) is 57.5 Å². The van der Waals surface area contributed by atoms with Gasteiger partial charge in [0, 0.05) is 37.6 Å². The second-order valence-electron chi connectivity index (χ2n) is 17.4. The lowest BCUT2D eigenvalue weighted by Gasteiger charge is -2.36. The van der Waals surface area contributed by atoms with Crippen LogP contribution >= 0.6 is 23.2 Å². The normalized spacial score (nSPS) is 13.5. The van der Waals surface area contributed by atoms with Crippen LogP contribution in [0, 0.1) is 23.3 Å². The molecule has 3 atom stereocenters. The molecule has 77 heavy (non-hydrogen) atoms. The van der Waals surface area contributed by atoms with Crippen LogP contribution in [0.2, 0.25) is 10.0 Å². The number of alkyl halides is 6. The molecule has 406 valence electrons. The molecule has 0 radical (unpaired) electrons. The predicted molar refractivity (Wildman–Crippen MR) is 265 cm³/mol. The second-order valence-corrected chi connectivity index (χ2v) is 20.2. The summed E-state index contributed by atoms with van der Waals surface area (Å²) < 4.78 is 152. The first-order valence-electron chi connectivity index (χ1n) is 21.9. The Morgan fingerprint density at radius 3 is 1.64 bits per heavy atom. The molecule has 0 aliphatic carbocycles. The summed E-state index contributed by atoms with van der Waals surface area (Å²) in [6.07, 6.45) is -5.68. The number of nitrogens with zero attached hydrogens (tertiary/aromatic N) is 6. The number of hydrogen-bond donors (Lipinski definition) is 4. The summed E-state index contributed by atoms with van der Waals surface area (Å²) in [7, 11) is -0.355. The number of amides is 3. The van der Waals surface area contributed by atoms with Crippen LogP contribution in [0.15, 0.2) is 133 Å². The summed E-state index contributed by atoms with van der Waals surface area (Å²) in [5.41, 5.74) is -1.15. The number of rotatable bonds is 13. The quantitative estimate of drug-likeness (QED) is 0.0496. The Morgan fingerprint density at radius 2 is 1.19 bits per heavy atom. The first-order chi connectivity index (χ1) is 35.9. The summed E-state index contributed by atoms with van der Waals surface area (Å²) in [4.78, 5) is 50.5. The molecule has 7 aromatic rings. The lowest BCUT2D eigenvalue weighted by atomic mass is 9.81. The monoisotopic (exact) mass is 1140 g/mol. The number of halogens is 12. The van der Waals surface area contributed by atoms with E-state index in [0.29, 0.717) is 18.2 Å². The maximum atomic E-state index is 14.6. The van der Waals surface area contributed by atoms with E-state index in [0.717, 1.165) is 30.3 Å². The van der Waals surface area contributed by atoms with Gasteiger partial charge in [-0.25, -0.2) is 41.1 Å². The number of anilines is 1. The zero-order chi connectivity index (χ0) is 57.1. The fraction of sp³-hybridized carbons (Fsp3) is 0.220. The molecule has 7 rings (SSSR count). The van der Waals surface area contributed by atoms with Gasteiger partial charge in [-0.05, 0) is 123 Å². The van der Waals surface area contributed by atoms with Crippen molar-refractivity contribution in [3.8, 4) is 0 Å². The molecular formula is C50H42Cl2F10N10O4S. The van der Waals surface area contributed by atoms with Gasteiger partial charge in [0.25, 0.3) is 0 Å². The van der Waals surface area contributed by atoms with Gasteiger partial charge < -0.3 is 16.4 Å². The molecule has 0 spiro atoms. The largest absolute Gasteiger partial charge is 0.416 e. The number of primary amides is 1. The van der Waals surface area contributed by atoms with Crippen LogP contribution in [0.1, 0.15) is 66.7 Å². The zero-order valence-electron chi connectivity index (χ0n) is 40.4. The molecule has 3 heterocycles. The highest BCUT2D eigenvalue weighted by atomic mass is 35.5. The number of carbonyl (C=O) groups is 2. The van der Waals surface area contributed by atoms with Crippen molar-refractivity contribution in [1.29, 1.82) is 0 Å². The highest BCUT2D eigenvalue weighted by Crippen LogP contribution is 2.40. The molecule has 4 aromatic carbocycles. The molecule has 5 N–H and O–H groups in total. The fourth-order valence-electron chi connectivity index (χ4n) is 7.08. The van der Waals surface area contributed by atoms with Gasteiger partial charge in [0.15, 0.2) is 0 Å². The van der Waals surface area contributed by atoms with E-state index in [2.05, 4.69) is 40.4 Å². The Balaban J connectivity index is 0.000000244. The maximum Gasteiger partial charge on any atom is 0.416 e. The minimum absolute atomic E-state index is 0.00187. The SMILES string of the molecule is CC(C)(C)[S@@](=O)N[C@@](CC(N)=O)(c1cc(F)cc(C(F)(F)F)c1)c1ccc(Cl)cn1.Cn1ncnc1C[C@](NC(=O)Nc1cccc(F)c1)(c1cc(F)cc(C(F)(F)F)c1)c1ccc(Cl)cn1.O=C=Nc1cccc(F)c1. The number of aryl methyl sites for hydroxylation is 1. The number of hydrogen-bond acceptors (Lipinski definition) is 9. The fourth-order valence-corrected chi connectivity index (χ4v) is 8.22. The number of urea groups is 1. The Bertz CT molecular complexity index is 3290. The maximum absolute atomic E-state index is 14.6. The predicted octanol–water partition coefficient (Wildman–Crippen LogP) is 11.3. The van der Waals surface area contributed by atoms with E-state index in [-0.39, 0.29) is 56.2 Å². The number of pyridine rings is 2. The summed E-state index contributed by atoms with van der Waals surface area (Å²) >= 11 is 11.8. The van der Waals surface area contributed by atoms with Crippen LogP contribution in [0.5, 0.6) is 0 Å². The molecule has 0 bridgehead atoms. The minimum Gasteiger partial charge on any atom is -0.370 e. The topological polar surface area (TPSA) is 199 Å². The van der Waals surface area contributed by atoms with E-state index < -0.39 is 91.9 Å². The van der Waals surface area contributed by atoms with Crippen LogP contribution < -0.4 is 21.1 Å². The van der Waals surface area contributed by atoms with E-state index in [4.69, 9.17) is 28.9 Å². The number of benzene rings is 4.